The van der Waals surface area contributed by atoms with Gasteiger partial charge in [0.15, 0.2) is 0 Å². The highest BCUT2D eigenvalue weighted by Gasteiger charge is 2.09. The third-order valence-electron chi connectivity index (χ3n) is 1.91. The molecule has 0 fully saturated rings. The fraction of sp³-hybridized carbons (Fsp3) is 0.200. The molecule has 0 radical (unpaired) electrons. The van der Waals surface area contributed by atoms with Crippen LogP contribution in [0, 0.1) is 0 Å². The maximum Gasteiger partial charge on any atom is 0.320 e. The first kappa shape index (κ1) is 10.9. The Bertz CT molecular complexity index is 483. The first-order valence-corrected chi connectivity index (χ1v) is 5.14. The molecule has 84 valence electrons. The molecule has 1 atom stereocenters. The summed E-state index contributed by atoms with van der Waals surface area (Å²) in [5, 5.41) is 11.2. The molecule has 0 saturated heterocycles. The van der Waals surface area contributed by atoms with E-state index in [1.54, 1.807) is 19.1 Å². The molecule has 2 rings (SSSR count). The Kier molecular flexibility index (Phi) is 3.07. The lowest BCUT2D eigenvalue weighted by Gasteiger charge is -2.01. The lowest BCUT2D eigenvalue weighted by atomic mass is 10.3. The summed E-state index contributed by atoms with van der Waals surface area (Å²) >= 11 is 5.84. The number of nitrogens with two attached hydrogens (primary N) is 1. The van der Waals surface area contributed by atoms with Crippen LogP contribution in [0.3, 0.4) is 0 Å². The van der Waals surface area contributed by atoms with Crippen molar-refractivity contribution >= 4 is 23.3 Å². The first-order valence-electron chi connectivity index (χ1n) is 4.77. The molecule has 0 aliphatic heterocycles. The molecule has 0 bridgehead atoms. The summed E-state index contributed by atoms with van der Waals surface area (Å²) < 4.78 is 5.29. The second-order valence-corrected chi connectivity index (χ2v) is 3.81. The standard InChI is InChI=1S/C10H11ClN4O/c1-6(12)9-14-15-10(16-9)13-8-4-2-3-7(11)5-8/h2-6H,12H2,1H3,(H,13,15). The highest BCUT2D eigenvalue weighted by Crippen LogP contribution is 2.20. The zero-order valence-corrected chi connectivity index (χ0v) is 9.40. The molecule has 16 heavy (non-hydrogen) atoms. The van der Waals surface area contributed by atoms with E-state index in [9.17, 15) is 0 Å². The minimum absolute atomic E-state index is 0.276. The summed E-state index contributed by atoms with van der Waals surface area (Å²) in [7, 11) is 0. The molecule has 0 aliphatic rings. The lowest BCUT2D eigenvalue weighted by molar-refractivity contribution is 0.475. The van der Waals surface area contributed by atoms with Gasteiger partial charge < -0.3 is 15.5 Å². The molecule has 0 spiro atoms. The summed E-state index contributed by atoms with van der Waals surface area (Å²) in [6.07, 6.45) is 0. The predicted molar refractivity (Wildman–Crippen MR) is 61.6 cm³/mol. The average molecular weight is 239 g/mol. The van der Waals surface area contributed by atoms with E-state index in [0.717, 1.165) is 5.69 Å². The van der Waals surface area contributed by atoms with Gasteiger partial charge in [-0.05, 0) is 25.1 Å². The quantitative estimate of drug-likeness (QED) is 0.859. The fourth-order valence-electron chi connectivity index (χ4n) is 1.16. The van der Waals surface area contributed by atoms with Crippen LogP contribution < -0.4 is 11.1 Å². The number of benzene rings is 1. The van der Waals surface area contributed by atoms with Crippen molar-refractivity contribution in [2.24, 2.45) is 5.73 Å². The molecule has 1 heterocycles. The van der Waals surface area contributed by atoms with Gasteiger partial charge in [-0.1, -0.05) is 22.8 Å². The maximum absolute atomic E-state index is 5.84. The molecular formula is C10H11ClN4O. The Morgan fingerprint density at radius 1 is 1.44 bits per heavy atom. The van der Waals surface area contributed by atoms with Crippen LogP contribution in [0.25, 0.3) is 0 Å². The van der Waals surface area contributed by atoms with Gasteiger partial charge in [-0.15, -0.1) is 5.10 Å². The van der Waals surface area contributed by atoms with Crippen LogP contribution in [0.1, 0.15) is 18.9 Å². The van der Waals surface area contributed by atoms with Crippen molar-refractivity contribution in [3.8, 4) is 0 Å². The average Bonchev–Trinajstić information content (AvgIpc) is 2.66. The van der Waals surface area contributed by atoms with E-state index in [4.69, 9.17) is 21.8 Å². The van der Waals surface area contributed by atoms with E-state index in [2.05, 4.69) is 15.5 Å². The molecule has 5 nitrogen and oxygen atoms in total. The van der Waals surface area contributed by atoms with Gasteiger partial charge in [0, 0.05) is 10.7 Å². The number of nitrogens with one attached hydrogen (secondary N) is 1. The minimum atomic E-state index is -0.276. The summed E-state index contributed by atoms with van der Waals surface area (Å²) in [5.74, 6) is 0.393. The smallest absolute Gasteiger partial charge is 0.320 e. The number of halogens is 1. The number of hydrogen-bond acceptors (Lipinski definition) is 5. The van der Waals surface area contributed by atoms with Crippen LogP contribution in [-0.4, -0.2) is 10.2 Å². The molecule has 0 amide bonds. The molecule has 6 heteroatoms. The summed E-state index contributed by atoms with van der Waals surface area (Å²) in [6, 6.07) is 7.25. The Labute approximate surface area is 97.6 Å². The van der Waals surface area contributed by atoms with E-state index in [0.29, 0.717) is 16.9 Å². The molecule has 1 aromatic heterocycles. The van der Waals surface area contributed by atoms with Crippen molar-refractivity contribution in [1.82, 2.24) is 10.2 Å². The number of anilines is 2. The van der Waals surface area contributed by atoms with Gasteiger partial charge in [-0.3, -0.25) is 0 Å². The Morgan fingerprint density at radius 2 is 2.25 bits per heavy atom. The SMILES string of the molecule is CC(N)c1nnc(Nc2cccc(Cl)c2)o1. The monoisotopic (exact) mass is 238 g/mol. The Morgan fingerprint density at radius 3 is 2.88 bits per heavy atom. The van der Waals surface area contributed by atoms with Crippen LogP contribution >= 0.6 is 11.6 Å². The van der Waals surface area contributed by atoms with Crippen molar-refractivity contribution < 1.29 is 4.42 Å². The van der Waals surface area contributed by atoms with Gasteiger partial charge in [0.05, 0.1) is 6.04 Å². The molecular weight excluding hydrogens is 228 g/mol. The number of nitrogens with zero attached hydrogens (tertiary/aromatic N) is 2. The predicted octanol–water partition coefficient (Wildman–Crippen LogP) is 2.49. The molecule has 3 N–H and O–H groups in total. The summed E-state index contributed by atoms with van der Waals surface area (Å²) in [5.41, 5.74) is 6.38. The van der Waals surface area contributed by atoms with Gasteiger partial charge in [-0.2, -0.15) is 0 Å². The van der Waals surface area contributed by atoms with Gasteiger partial charge in [0.2, 0.25) is 5.89 Å². The topological polar surface area (TPSA) is 77.0 Å². The first-order chi connectivity index (χ1) is 7.65. The largest absolute Gasteiger partial charge is 0.406 e. The fourth-order valence-corrected chi connectivity index (χ4v) is 1.35. The van der Waals surface area contributed by atoms with Gasteiger partial charge in [0.25, 0.3) is 0 Å². The van der Waals surface area contributed by atoms with Crippen molar-refractivity contribution in [3.05, 3.63) is 35.2 Å². The van der Waals surface area contributed by atoms with E-state index in [1.165, 1.54) is 0 Å². The molecule has 1 aromatic carbocycles. The third kappa shape index (κ3) is 2.50. The van der Waals surface area contributed by atoms with Crippen molar-refractivity contribution in [2.45, 2.75) is 13.0 Å². The van der Waals surface area contributed by atoms with Crippen LogP contribution in [0.4, 0.5) is 11.7 Å². The number of rotatable bonds is 3. The number of hydrogen-bond donors (Lipinski definition) is 2. The van der Waals surface area contributed by atoms with E-state index < -0.39 is 0 Å². The highest BCUT2D eigenvalue weighted by molar-refractivity contribution is 6.30. The van der Waals surface area contributed by atoms with Crippen LogP contribution in [-0.2, 0) is 0 Å². The van der Waals surface area contributed by atoms with E-state index in [1.807, 2.05) is 12.1 Å². The van der Waals surface area contributed by atoms with Crippen LogP contribution in [0.2, 0.25) is 5.02 Å². The van der Waals surface area contributed by atoms with E-state index >= 15 is 0 Å². The van der Waals surface area contributed by atoms with Gasteiger partial charge in [0.1, 0.15) is 0 Å². The molecule has 1 unspecified atom stereocenters. The third-order valence-corrected chi connectivity index (χ3v) is 2.14. The number of aromatic nitrogens is 2. The molecule has 0 aliphatic carbocycles. The summed E-state index contributed by atoms with van der Waals surface area (Å²) in [4.78, 5) is 0. The lowest BCUT2D eigenvalue weighted by Crippen LogP contribution is -2.04. The van der Waals surface area contributed by atoms with Crippen LogP contribution in [0.5, 0.6) is 0 Å². The van der Waals surface area contributed by atoms with Crippen LogP contribution in [0.15, 0.2) is 28.7 Å². The van der Waals surface area contributed by atoms with Crippen molar-refractivity contribution in [1.29, 1.82) is 0 Å². The molecule has 0 saturated carbocycles. The second-order valence-electron chi connectivity index (χ2n) is 3.37. The second kappa shape index (κ2) is 4.51. The van der Waals surface area contributed by atoms with Gasteiger partial charge in [-0.25, -0.2) is 0 Å². The van der Waals surface area contributed by atoms with Crippen molar-refractivity contribution in [3.63, 3.8) is 0 Å². The zero-order chi connectivity index (χ0) is 11.5. The van der Waals surface area contributed by atoms with Crippen molar-refractivity contribution in [2.75, 3.05) is 5.32 Å². The maximum atomic E-state index is 5.84. The normalized spacial score (nSPS) is 12.4. The Hall–Kier alpha value is -1.59. The van der Waals surface area contributed by atoms with Gasteiger partial charge >= 0.3 is 6.01 Å². The highest BCUT2D eigenvalue weighted by atomic mass is 35.5. The Balaban J connectivity index is 2.14. The minimum Gasteiger partial charge on any atom is -0.406 e. The molecule has 2 aromatic rings. The zero-order valence-electron chi connectivity index (χ0n) is 8.64. The summed E-state index contributed by atoms with van der Waals surface area (Å²) in [6.45, 7) is 1.77. The van der Waals surface area contributed by atoms with E-state index in [-0.39, 0.29) is 6.04 Å².